The van der Waals surface area contributed by atoms with Crippen LogP contribution in [-0.2, 0) is 7.05 Å². The molecule has 4 nitrogen and oxygen atoms in total. The summed E-state index contributed by atoms with van der Waals surface area (Å²) >= 11 is 0. The van der Waals surface area contributed by atoms with Gasteiger partial charge in [0.05, 0.1) is 11.0 Å². The van der Waals surface area contributed by atoms with Crippen molar-refractivity contribution in [3.63, 3.8) is 0 Å². The van der Waals surface area contributed by atoms with Crippen LogP contribution in [-0.4, -0.2) is 21.6 Å². The summed E-state index contributed by atoms with van der Waals surface area (Å²) in [5, 5.41) is 3.52. The number of rotatable bonds is 2. The Kier molecular flexibility index (Phi) is 2.96. The van der Waals surface area contributed by atoms with Crippen LogP contribution in [0.1, 0.15) is 25.7 Å². The van der Waals surface area contributed by atoms with Crippen molar-refractivity contribution in [1.82, 2.24) is 9.55 Å². The minimum Gasteiger partial charge on any atom is -0.351 e. The van der Waals surface area contributed by atoms with Crippen molar-refractivity contribution in [3.05, 3.63) is 24.3 Å². The Morgan fingerprint density at radius 1 is 1.28 bits per heavy atom. The molecule has 0 aliphatic heterocycles. The number of hydrogen-bond donors (Lipinski definition) is 2. The van der Waals surface area contributed by atoms with E-state index in [2.05, 4.69) is 20.9 Å². The van der Waals surface area contributed by atoms with Crippen molar-refractivity contribution in [1.29, 1.82) is 0 Å². The highest BCUT2D eigenvalue weighted by Gasteiger charge is 2.23. The Morgan fingerprint density at radius 3 is 2.83 bits per heavy atom. The van der Waals surface area contributed by atoms with E-state index >= 15 is 0 Å². The van der Waals surface area contributed by atoms with E-state index in [1.54, 1.807) is 0 Å². The highest BCUT2D eigenvalue weighted by molar-refractivity contribution is 5.78. The minimum absolute atomic E-state index is 0.249. The molecule has 0 unspecified atom stereocenters. The van der Waals surface area contributed by atoms with E-state index in [9.17, 15) is 0 Å². The summed E-state index contributed by atoms with van der Waals surface area (Å²) in [6, 6.07) is 8.80. The summed E-state index contributed by atoms with van der Waals surface area (Å²) in [5.41, 5.74) is 8.36. The molecule has 4 heteroatoms. The molecular weight excluding hydrogens is 224 g/mol. The van der Waals surface area contributed by atoms with E-state index in [4.69, 9.17) is 5.73 Å². The van der Waals surface area contributed by atoms with E-state index in [1.165, 1.54) is 12.8 Å². The quantitative estimate of drug-likeness (QED) is 0.852. The SMILES string of the molecule is Cn1c(N[C@@H]2CCCC[C@H]2N)nc2ccccc21. The molecule has 1 aromatic carbocycles. The summed E-state index contributed by atoms with van der Waals surface area (Å²) < 4.78 is 2.11. The molecule has 1 fully saturated rings. The molecule has 1 aliphatic carbocycles. The maximum Gasteiger partial charge on any atom is 0.203 e. The fraction of sp³-hybridized carbons (Fsp3) is 0.500. The van der Waals surface area contributed by atoms with Crippen LogP contribution in [0.2, 0.25) is 0 Å². The molecule has 1 aliphatic rings. The van der Waals surface area contributed by atoms with Gasteiger partial charge < -0.3 is 15.6 Å². The van der Waals surface area contributed by atoms with E-state index in [0.717, 1.165) is 29.8 Å². The van der Waals surface area contributed by atoms with Gasteiger partial charge in [-0.15, -0.1) is 0 Å². The van der Waals surface area contributed by atoms with Crippen LogP contribution in [0.15, 0.2) is 24.3 Å². The molecule has 0 bridgehead atoms. The molecule has 0 amide bonds. The predicted molar refractivity (Wildman–Crippen MR) is 74.6 cm³/mol. The molecule has 2 atom stereocenters. The lowest BCUT2D eigenvalue weighted by molar-refractivity contribution is 0.402. The van der Waals surface area contributed by atoms with Gasteiger partial charge >= 0.3 is 0 Å². The van der Waals surface area contributed by atoms with Crippen molar-refractivity contribution in [2.45, 2.75) is 37.8 Å². The number of aromatic nitrogens is 2. The van der Waals surface area contributed by atoms with Crippen molar-refractivity contribution in [3.8, 4) is 0 Å². The molecule has 3 N–H and O–H groups in total. The lowest BCUT2D eigenvalue weighted by Crippen LogP contribution is -2.43. The number of nitrogens with zero attached hydrogens (tertiary/aromatic N) is 2. The smallest absolute Gasteiger partial charge is 0.203 e. The number of hydrogen-bond acceptors (Lipinski definition) is 3. The lowest BCUT2D eigenvalue weighted by Gasteiger charge is -2.29. The maximum absolute atomic E-state index is 6.17. The largest absolute Gasteiger partial charge is 0.351 e. The number of nitrogens with one attached hydrogen (secondary N) is 1. The van der Waals surface area contributed by atoms with E-state index in [-0.39, 0.29) is 6.04 Å². The first-order valence-electron chi connectivity index (χ1n) is 6.69. The zero-order chi connectivity index (χ0) is 12.5. The summed E-state index contributed by atoms with van der Waals surface area (Å²) in [4.78, 5) is 4.64. The zero-order valence-corrected chi connectivity index (χ0v) is 10.8. The Labute approximate surface area is 107 Å². The standard InChI is InChI=1S/C14H20N4/c1-18-13-9-5-4-8-12(13)17-14(18)16-11-7-3-2-6-10(11)15/h4-5,8-11H,2-3,6-7,15H2,1H3,(H,16,17)/t10-,11-/m1/s1. The normalized spacial score (nSPS) is 24.3. The van der Waals surface area contributed by atoms with Crippen LogP contribution in [0, 0.1) is 0 Å². The van der Waals surface area contributed by atoms with Gasteiger partial charge in [-0.25, -0.2) is 4.98 Å². The number of imidazole rings is 1. The summed E-state index contributed by atoms with van der Waals surface area (Å²) in [5.74, 6) is 0.929. The van der Waals surface area contributed by atoms with Crippen molar-refractivity contribution in [2.75, 3.05) is 5.32 Å². The highest BCUT2D eigenvalue weighted by atomic mass is 15.2. The first-order chi connectivity index (χ1) is 8.75. The van der Waals surface area contributed by atoms with Gasteiger partial charge in [0.1, 0.15) is 0 Å². The van der Waals surface area contributed by atoms with E-state index in [1.807, 2.05) is 25.2 Å². The Hall–Kier alpha value is -1.55. The molecule has 3 rings (SSSR count). The number of nitrogens with two attached hydrogens (primary N) is 1. The van der Waals surface area contributed by atoms with Crippen LogP contribution < -0.4 is 11.1 Å². The molecular formula is C14H20N4. The molecule has 96 valence electrons. The van der Waals surface area contributed by atoms with E-state index in [0.29, 0.717) is 6.04 Å². The fourth-order valence-electron chi connectivity index (χ4n) is 2.78. The van der Waals surface area contributed by atoms with Crippen LogP contribution >= 0.6 is 0 Å². The van der Waals surface area contributed by atoms with Gasteiger partial charge in [-0.1, -0.05) is 25.0 Å². The molecule has 2 aromatic rings. The van der Waals surface area contributed by atoms with Crippen molar-refractivity contribution >= 4 is 17.0 Å². The number of anilines is 1. The Bertz CT molecular complexity index is 546. The van der Waals surface area contributed by atoms with Crippen LogP contribution in [0.3, 0.4) is 0 Å². The van der Waals surface area contributed by atoms with E-state index < -0.39 is 0 Å². The van der Waals surface area contributed by atoms with Gasteiger partial charge in [0.25, 0.3) is 0 Å². The zero-order valence-electron chi connectivity index (χ0n) is 10.8. The second-order valence-corrected chi connectivity index (χ2v) is 5.18. The number of benzene rings is 1. The van der Waals surface area contributed by atoms with Crippen LogP contribution in [0.4, 0.5) is 5.95 Å². The topological polar surface area (TPSA) is 55.9 Å². The van der Waals surface area contributed by atoms with Crippen LogP contribution in [0.25, 0.3) is 11.0 Å². The van der Waals surface area contributed by atoms with Crippen molar-refractivity contribution < 1.29 is 0 Å². The molecule has 0 radical (unpaired) electrons. The first kappa shape index (κ1) is 11.5. The second kappa shape index (κ2) is 4.61. The molecule has 0 spiro atoms. The highest BCUT2D eigenvalue weighted by Crippen LogP contribution is 2.23. The number of aryl methyl sites for hydroxylation is 1. The molecule has 1 aromatic heterocycles. The average Bonchev–Trinajstić information content (AvgIpc) is 2.70. The summed E-state index contributed by atoms with van der Waals surface area (Å²) in [6.45, 7) is 0. The third-order valence-electron chi connectivity index (χ3n) is 3.92. The van der Waals surface area contributed by atoms with Gasteiger partial charge in [-0.2, -0.15) is 0 Å². The third kappa shape index (κ3) is 1.97. The average molecular weight is 244 g/mol. The summed E-state index contributed by atoms with van der Waals surface area (Å²) in [6.07, 6.45) is 4.77. The number of fused-ring (bicyclic) bond motifs is 1. The van der Waals surface area contributed by atoms with Gasteiger partial charge in [-0.3, -0.25) is 0 Å². The van der Waals surface area contributed by atoms with Crippen LogP contribution in [0.5, 0.6) is 0 Å². The monoisotopic (exact) mass is 244 g/mol. The fourth-order valence-corrected chi connectivity index (χ4v) is 2.78. The van der Waals surface area contributed by atoms with Gasteiger partial charge in [-0.05, 0) is 25.0 Å². The van der Waals surface area contributed by atoms with Crippen molar-refractivity contribution in [2.24, 2.45) is 12.8 Å². The Balaban J connectivity index is 1.88. The molecule has 1 saturated carbocycles. The summed E-state index contributed by atoms with van der Waals surface area (Å²) in [7, 11) is 2.05. The lowest BCUT2D eigenvalue weighted by atomic mass is 9.91. The molecule has 1 heterocycles. The first-order valence-corrected chi connectivity index (χ1v) is 6.69. The van der Waals surface area contributed by atoms with Gasteiger partial charge in [0.15, 0.2) is 0 Å². The maximum atomic E-state index is 6.17. The van der Waals surface area contributed by atoms with Gasteiger partial charge in [0.2, 0.25) is 5.95 Å². The number of para-hydroxylation sites is 2. The second-order valence-electron chi connectivity index (χ2n) is 5.18. The predicted octanol–water partition coefficient (Wildman–Crippen LogP) is 2.26. The molecule has 18 heavy (non-hydrogen) atoms. The van der Waals surface area contributed by atoms with Gasteiger partial charge in [0, 0.05) is 19.1 Å². The minimum atomic E-state index is 0.249. The Morgan fingerprint density at radius 2 is 2.06 bits per heavy atom. The third-order valence-corrected chi connectivity index (χ3v) is 3.92. The molecule has 0 saturated heterocycles.